The van der Waals surface area contributed by atoms with Crippen molar-refractivity contribution in [2.24, 2.45) is 0 Å². The smallest absolute Gasteiger partial charge is 0.313 e. The molecule has 18 heavy (non-hydrogen) atoms. The van der Waals surface area contributed by atoms with E-state index in [1.54, 1.807) is 13.1 Å². The van der Waals surface area contributed by atoms with Crippen molar-refractivity contribution in [1.82, 2.24) is 5.32 Å². The van der Waals surface area contributed by atoms with Gasteiger partial charge in [0.1, 0.15) is 0 Å². The van der Waals surface area contributed by atoms with Crippen LogP contribution in [0.3, 0.4) is 0 Å². The summed E-state index contributed by atoms with van der Waals surface area (Å²) in [6.07, 6.45) is -3.04. The minimum absolute atomic E-state index is 0.280. The van der Waals surface area contributed by atoms with Crippen LogP contribution in [-0.2, 0) is 6.18 Å². The Hall–Kier alpha value is -1.29. The Bertz CT molecular complexity index is 410. The molecule has 0 amide bonds. The maximum absolute atomic E-state index is 12.9. The summed E-state index contributed by atoms with van der Waals surface area (Å²) in [5.74, 6) is 0. The first-order valence-electron chi connectivity index (χ1n) is 5.90. The highest BCUT2D eigenvalue weighted by molar-refractivity contribution is 5.33. The van der Waals surface area contributed by atoms with Crippen LogP contribution in [0, 0.1) is 0 Å². The van der Waals surface area contributed by atoms with E-state index in [0.717, 1.165) is 18.1 Å². The molecule has 1 nitrogen and oxygen atoms in total. The van der Waals surface area contributed by atoms with Gasteiger partial charge in [-0.05, 0) is 31.5 Å². The van der Waals surface area contributed by atoms with Crippen LogP contribution in [0.4, 0.5) is 13.2 Å². The average Bonchev–Trinajstić information content (AvgIpc) is 2.34. The number of benzene rings is 1. The summed E-state index contributed by atoms with van der Waals surface area (Å²) in [7, 11) is 1.67. The zero-order valence-electron chi connectivity index (χ0n) is 10.6. The molecule has 1 atom stereocenters. The normalized spacial score (nSPS) is 13.4. The van der Waals surface area contributed by atoms with Gasteiger partial charge in [0, 0.05) is 6.04 Å². The van der Waals surface area contributed by atoms with Crippen LogP contribution in [-0.4, -0.2) is 7.05 Å². The lowest BCUT2D eigenvalue weighted by molar-refractivity contribution is -0.138. The molecule has 0 radical (unpaired) electrons. The number of hydrogen-bond donors (Lipinski definition) is 1. The third kappa shape index (κ3) is 3.60. The van der Waals surface area contributed by atoms with E-state index in [1.165, 1.54) is 12.1 Å². The second-order valence-electron chi connectivity index (χ2n) is 4.23. The standard InChI is InChI=1S/C14H18F3N/c1-4-10(2)9-13(18-3)11-7-5-6-8-12(11)14(15,16)17/h5-8,13,18H,2,4,9H2,1,3H3. The summed E-state index contributed by atoms with van der Waals surface area (Å²) in [6.45, 7) is 5.81. The van der Waals surface area contributed by atoms with Crippen LogP contribution in [0.25, 0.3) is 0 Å². The Morgan fingerprint density at radius 3 is 2.44 bits per heavy atom. The van der Waals surface area contributed by atoms with Crippen LogP contribution in [0.2, 0.25) is 0 Å². The molecular weight excluding hydrogens is 239 g/mol. The van der Waals surface area contributed by atoms with E-state index in [4.69, 9.17) is 0 Å². The summed E-state index contributed by atoms with van der Waals surface area (Å²) in [5, 5.41) is 2.94. The monoisotopic (exact) mass is 257 g/mol. The van der Waals surface area contributed by atoms with Crippen molar-refractivity contribution < 1.29 is 13.2 Å². The van der Waals surface area contributed by atoms with Gasteiger partial charge in [-0.1, -0.05) is 37.3 Å². The van der Waals surface area contributed by atoms with E-state index >= 15 is 0 Å². The van der Waals surface area contributed by atoms with E-state index < -0.39 is 11.7 Å². The Labute approximate surface area is 106 Å². The van der Waals surface area contributed by atoms with Gasteiger partial charge in [-0.15, -0.1) is 0 Å². The molecule has 0 bridgehead atoms. The SMILES string of the molecule is C=C(CC)CC(NC)c1ccccc1C(F)(F)F. The van der Waals surface area contributed by atoms with Crippen molar-refractivity contribution >= 4 is 0 Å². The minimum atomic E-state index is -4.32. The van der Waals surface area contributed by atoms with E-state index in [0.29, 0.717) is 6.42 Å². The molecule has 0 aromatic heterocycles. The second-order valence-corrected chi connectivity index (χ2v) is 4.23. The number of halogens is 3. The third-order valence-electron chi connectivity index (χ3n) is 2.98. The highest BCUT2D eigenvalue weighted by atomic mass is 19.4. The molecule has 0 saturated heterocycles. The summed E-state index contributed by atoms with van der Waals surface area (Å²) in [4.78, 5) is 0. The van der Waals surface area contributed by atoms with E-state index in [9.17, 15) is 13.2 Å². The maximum atomic E-state index is 12.9. The van der Waals surface area contributed by atoms with Gasteiger partial charge in [-0.2, -0.15) is 13.2 Å². The van der Waals surface area contributed by atoms with Crippen molar-refractivity contribution in [3.05, 3.63) is 47.5 Å². The van der Waals surface area contributed by atoms with Crippen molar-refractivity contribution in [3.63, 3.8) is 0 Å². The minimum Gasteiger partial charge on any atom is -0.313 e. The van der Waals surface area contributed by atoms with Crippen LogP contribution in [0.15, 0.2) is 36.4 Å². The lowest BCUT2D eigenvalue weighted by atomic mass is 9.94. The van der Waals surface area contributed by atoms with Gasteiger partial charge in [-0.3, -0.25) is 0 Å². The highest BCUT2D eigenvalue weighted by Gasteiger charge is 2.34. The summed E-state index contributed by atoms with van der Waals surface area (Å²) in [5.41, 5.74) is 0.640. The van der Waals surface area contributed by atoms with Gasteiger partial charge in [-0.25, -0.2) is 0 Å². The summed E-state index contributed by atoms with van der Waals surface area (Å²) >= 11 is 0. The van der Waals surface area contributed by atoms with Gasteiger partial charge in [0.05, 0.1) is 5.56 Å². The zero-order valence-corrected chi connectivity index (χ0v) is 10.6. The molecule has 100 valence electrons. The van der Waals surface area contributed by atoms with Crippen molar-refractivity contribution in [2.45, 2.75) is 32.0 Å². The summed E-state index contributed by atoms with van der Waals surface area (Å²) in [6, 6.07) is 5.33. The predicted octanol–water partition coefficient (Wildman–Crippen LogP) is 4.32. The first-order chi connectivity index (χ1) is 8.40. The number of nitrogens with one attached hydrogen (secondary N) is 1. The molecule has 1 aromatic rings. The Morgan fingerprint density at radius 1 is 1.33 bits per heavy atom. The molecule has 1 N–H and O–H groups in total. The van der Waals surface area contributed by atoms with Crippen molar-refractivity contribution in [3.8, 4) is 0 Å². The van der Waals surface area contributed by atoms with Gasteiger partial charge in [0.15, 0.2) is 0 Å². The van der Waals surface area contributed by atoms with E-state index in [1.807, 2.05) is 6.92 Å². The molecule has 0 aliphatic carbocycles. The molecule has 0 spiro atoms. The van der Waals surface area contributed by atoms with Crippen LogP contribution in [0.5, 0.6) is 0 Å². The average molecular weight is 257 g/mol. The van der Waals surface area contributed by atoms with Gasteiger partial charge >= 0.3 is 6.18 Å². The Morgan fingerprint density at radius 2 is 1.94 bits per heavy atom. The fourth-order valence-electron chi connectivity index (χ4n) is 1.86. The lowest BCUT2D eigenvalue weighted by Gasteiger charge is -2.22. The highest BCUT2D eigenvalue weighted by Crippen LogP contribution is 2.36. The van der Waals surface area contributed by atoms with Crippen molar-refractivity contribution in [1.29, 1.82) is 0 Å². The lowest BCUT2D eigenvalue weighted by Crippen LogP contribution is -2.21. The zero-order chi connectivity index (χ0) is 13.8. The fraction of sp³-hybridized carbons (Fsp3) is 0.429. The number of hydrogen-bond acceptors (Lipinski definition) is 1. The van der Waals surface area contributed by atoms with Gasteiger partial charge < -0.3 is 5.32 Å². The molecule has 4 heteroatoms. The van der Waals surface area contributed by atoms with E-state index in [2.05, 4.69) is 11.9 Å². The van der Waals surface area contributed by atoms with Crippen LogP contribution >= 0.6 is 0 Å². The predicted molar refractivity (Wildman–Crippen MR) is 67.3 cm³/mol. The quantitative estimate of drug-likeness (QED) is 0.774. The molecule has 0 aliphatic heterocycles. The maximum Gasteiger partial charge on any atom is 0.416 e. The number of rotatable bonds is 5. The first-order valence-corrected chi connectivity index (χ1v) is 5.90. The molecule has 1 unspecified atom stereocenters. The van der Waals surface area contributed by atoms with Crippen LogP contribution in [0.1, 0.15) is 36.9 Å². The molecule has 0 aliphatic rings. The fourth-order valence-corrected chi connectivity index (χ4v) is 1.86. The molecular formula is C14H18F3N. The molecule has 0 heterocycles. The van der Waals surface area contributed by atoms with Crippen LogP contribution < -0.4 is 5.32 Å². The van der Waals surface area contributed by atoms with Gasteiger partial charge in [0.25, 0.3) is 0 Å². The van der Waals surface area contributed by atoms with E-state index in [-0.39, 0.29) is 11.6 Å². The first kappa shape index (κ1) is 14.8. The largest absolute Gasteiger partial charge is 0.416 e. The van der Waals surface area contributed by atoms with Gasteiger partial charge in [0.2, 0.25) is 0 Å². The summed E-state index contributed by atoms with van der Waals surface area (Å²) < 4.78 is 38.7. The number of alkyl halides is 3. The molecule has 0 fully saturated rings. The Balaban J connectivity index is 3.10. The molecule has 1 aromatic carbocycles. The molecule has 1 rings (SSSR count). The Kier molecular flexibility index (Phi) is 4.96. The van der Waals surface area contributed by atoms with Crippen molar-refractivity contribution in [2.75, 3.05) is 7.05 Å². The second kappa shape index (κ2) is 6.05. The molecule has 0 saturated carbocycles. The third-order valence-corrected chi connectivity index (χ3v) is 2.98. The topological polar surface area (TPSA) is 12.0 Å².